The third-order valence-corrected chi connectivity index (χ3v) is 6.56. The van der Waals surface area contributed by atoms with Crippen LogP contribution in [0.2, 0.25) is 0 Å². The van der Waals surface area contributed by atoms with Crippen LogP contribution in [-0.4, -0.2) is 37.2 Å². The zero-order valence-corrected chi connectivity index (χ0v) is 17.0. The summed E-state index contributed by atoms with van der Waals surface area (Å²) in [6.07, 6.45) is 8.90. The van der Waals surface area contributed by atoms with E-state index in [4.69, 9.17) is 9.97 Å². The molecule has 2 saturated heterocycles. The number of nitrogens with zero attached hydrogens (tertiary/aromatic N) is 4. The van der Waals surface area contributed by atoms with Gasteiger partial charge in [-0.2, -0.15) is 5.10 Å². The fourth-order valence-electron chi connectivity index (χ4n) is 5.08. The average Bonchev–Trinajstić information content (AvgIpc) is 3.39. The molecule has 0 saturated carbocycles. The Balaban J connectivity index is 1.38. The predicted octanol–water partition coefficient (Wildman–Crippen LogP) is 4.39. The highest BCUT2D eigenvalue weighted by molar-refractivity contribution is 5.82. The Morgan fingerprint density at radius 3 is 2.60 bits per heavy atom. The molecule has 150 valence electrons. The Hall–Kier alpha value is -3.12. The summed E-state index contributed by atoms with van der Waals surface area (Å²) in [5.41, 5.74) is 7.78. The molecular weight excluding hydrogens is 372 g/mol. The summed E-state index contributed by atoms with van der Waals surface area (Å²) in [7, 11) is 0. The summed E-state index contributed by atoms with van der Waals surface area (Å²) in [5, 5.41) is 11.1. The van der Waals surface area contributed by atoms with E-state index in [1.807, 2.05) is 43.5 Å². The first kappa shape index (κ1) is 17.7. The van der Waals surface area contributed by atoms with Crippen LogP contribution in [0.3, 0.4) is 0 Å². The van der Waals surface area contributed by atoms with Gasteiger partial charge < -0.3 is 5.32 Å². The number of rotatable bonds is 3. The van der Waals surface area contributed by atoms with Crippen LogP contribution in [0.5, 0.6) is 0 Å². The molecule has 0 spiro atoms. The Kier molecular flexibility index (Phi) is 4.13. The SMILES string of the molecule is Cc1cccc(-c2[nH]ncc2-c2ccc3ncc(C4CC5CCC(C4)N5)cc3n2)n1. The topological polar surface area (TPSA) is 79.4 Å². The van der Waals surface area contributed by atoms with Gasteiger partial charge in [0.1, 0.15) is 0 Å². The number of aryl methyl sites for hydroxylation is 1. The van der Waals surface area contributed by atoms with Gasteiger partial charge in [0, 0.05) is 29.5 Å². The molecule has 0 radical (unpaired) electrons. The summed E-state index contributed by atoms with van der Waals surface area (Å²) in [5.74, 6) is 0.576. The maximum absolute atomic E-state index is 4.97. The number of H-pyrrole nitrogens is 1. The van der Waals surface area contributed by atoms with E-state index in [-0.39, 0.29) is 0 Å². The van der Waals surface area contributed by atoms with Gasteiger partial charge in [-0.15, -0.1) is 0 Å². The molecule has 2 fully saturated rings. The molecule has 2 bridgehead atoms. The molecule has 6 heterocycles. The molecule has 4 aromatic heterocycles. The van der Waals surface area contributed by atoms with E-state index in [9.17, 15) is 0 Å². The Morgan fingerprint density at radius 2 is 1.77 bits per heavy atom. The molecule has 2 N–H and O–H groups in total. The lowest BCUT2D eigenvalue weighted by Crippen LogP contribution is -2.37. The number of piperidine rings is 1. The van der Waals surface area contributed by atoms with Crippen LogP contribution in [0.25, 0.3) is 33.7 Å². The second-order valence-corrected chi connectivity index (χ2v) is 8.63. The zero-order valence-electron chi connectivity index (χ0n) is 17.0. The third kappa shape index (κ3) is 3.08. The number of hydrogen-bond acceptors (Lipinski definition) is 5. The highest BCUT2D eigenvalue weighted by Gasteiger charge is 2.34. The fraction of sp³-hybridized carbons (Fsp3) is 0.333. The normalized spacial score (nSPS) is 23.2. The van der Waals surface area contributed by atoms with Crippen LogP contribution >= 0.6 is 0 Å². The standard InChI is InChI=1S/C24H24N6/c1-14-3-2-4-22(27-14)24-19(13-26-30-24)20-7-8-21-23(29-20)11-16(12-25-21)15-9-17-5-6-18(10-15)28-17/h2-4,7-8,11-13,15,17-18,28H,5-6,9-10H2,1H3,(H,26,30). The van der Waals surface area contributed by atoms with Crippen LogP contribution in [-0.2, 0) is 0 Å². The predicted molar refractivity (Wildman–Crippen MR) is 117 cm³/mol. The quantitative estimate of drug-likeness (QED) is 0.537. The Morgan fingerprint density at radius 1 is 0.900 bits per heavy atom. The molecule has 6 heteroatoms. The maximum atomic E-state index is 4.97. The third-order valence-electron chi connectivity index (χ3n) is 6.56. The van der Waals surface area contributed by atoms with Crippen molar-refractivity contribution in [2.75, 3.05) is 0 Å². The van der Waals surface area contributed by atoms with Crippen LogP contribution in [0.15, 0.2) is 48.8 Å². The largest absolute Gasteiger partial charge is 0.311 e. The number of fused-ring (bicyclic) bond motifs is 3. The van der Waals surface area contributed by atoms with E-state index in [0.717, 1.165) is 39.4 Å². The van der Waals surface area contributed by atoms with Crippen LogP contribution in [0.4, 0.5) is 0 Å². The molecule has 2 aliphatic rings. The average molecular weight is 396 g/mol. The van der Waals surface area contributed by atoms with Crippen molar-refractivity contribution in [2.24, 2.45) is 0 Å². The van der Waals surface area contributed by atoms with Gasteiger partial charge in [-0.05, 0) is 74.4 Å². The lowest BCUT2D eigenvalue weighted by Gasteiger charge is -2.29. The molecule has 6 nitrogen and oxygen atoms in total. The van der Waals surface area contributed by atoms with E-state index in [2.05, 4.69) is 32.8 Å². The van der Waals surface area contributed by atoms with Crippen molar-refractivity contribution in [1.82, 2.24) is 30.5 Å². The van der Waals surface area contributed by atoms with Crippen LogP contribution in [0.1, 0.15) is 42.9 Å². The summed E-state index contributed by atoms with van der Waals surface area (Å²) < 4.78 is 0. The molecular formula is C24H24N6. The van der Waals surface area contributed by atoms with Gasteiger partial charge in [-0.25, -0.2) is 4.98 Å². The number of nitrogens with one attached hydrogen (secondary N) is 2. The van der Waals surface area contributed by atoms with Gasteiger partial charge in [0.15, 0.2) is 0 Å². The molecule has 0 aliphatic carbocycles. The number of pyridine rings is 3. The van der Waals surface area contributed by atoms with E-state index in [0.29, 0.717) is 18.0 Å². The zero-order chi connectivity index (χ0) is 20.1. The van der Waals surface area contributed by atoms with Crippen molar-refractivity contribution in [3.8, 4) is 22.6 Å². The fourth-order valence-corrected chi connectivity index (χ4v) is 5.08. The second-order valence-electron chi connectivity index (χ2n) is 8.63. The van der Waals surface area contributed by atoms with E-state index >= 15 is 0 Å². The minimum atomic E-state index is 0.576. The van der Waals surface area contributed by atoms with Gasteiger partial charge in [0.25, 0.3) is 0 Å². The molecule has 2 unspecified atom stereocenters. The smallest absolute Gasteiger partial charge is 0.0928 e. The van der Waals surface area contributed by atoms with Gasteiger partial charge in [-0.3, -0.25) is 15.1 Å². The summed E-state index contributed by atoms with van der Waals surface area (Å²) in [6.45, 7) is 1.99. The molecule has 0 amide bonds. The van der Waals surface area contributed by atoms with Crippen molar-refractivity contribution in [1.29, 1.82) is 0 Å². The first-order chi connectivity index (χ1) is 14.7. The molecule has 2 atom stereocenters. The summed E-state index contributed by atoms with van der Waals surface area (Å²) in [6, 6.07) is 13.6. The van der Waals surface area contributed by atoms with Gasteiger partial charge in [-0.1, -0.05) is 6.07 Å². The lowest BCUT2D eigenvalue weighted by molar-refractivity contribution is 0.363. The number of aromatic nitrogens is 5. The van der Waals surface area contributed by atoms with Gasteiger partial charge in [0.2, 0.25) is 0 Å². The molecule has 2 aliphatic heterocycles. The maximum Gasteiger partial charge on any atom is 0.0928 e. The van der Waals surface area contributed by atoms with Crippen molar-refractivity contribution >= 4 is 11.0 Å². The monoisotopic (exact) mass is 396 g/mol. The first-order valence-corrected chi connectivity index (χ1v) is 10.7. The molecule has 0 aromatic carbocycles. The second kappa shape index (κ2) is 6.99. The Labute approximate surface area is 175 Å². The van der Waals surface area contributed by atoms with E-state index < -0.39 is 0 Å². The van der Waals surface area contributed by atoms with Crippen molar-refractivity contribution in [3.05, 3.63) is 60.0 Å². The van der Waals surface area contributed by atoms with Crippen molar-refractivity contribution < 1.29 is 0 Å². The lowest BCUT2D eigenvalue weighted by atomic mass is 9.87. The highest BCUT2D eigenvalue weighted by atomic mass is 15.1. The van der Waals surface area contributed by atoms with Gasteiger partial charge in [0.05, 0.1) is 34.3 Å². The first-order valence-electron chi connectivity index (χ1n) is 10.7. The Bertz CT molecular complexity index is 1220. The minimum absolute atomic E-state index is 0.576. The molecule has 4 aromatic rings. The number of aromatic amines is 1. The molecule has 30 heavy (non-hydrogen) atoms. The van der Waals surface area contributed by atoms with Crippen molar-refractivity contribution in [3.63, 3.8) is 0 Å². The van der Waals surface area contributed by atoms with Crippen molar-refractivity contribution in [2.45, 2.75) is 50.6 Å². The summed E-state index contributed by atoms with van der Waals surface area (Å²) >= 11 is 0. The van der Waals surface area contributed by atoms with Gasteiger partial charge >= 0.3 is 0 Å². The van der Waals surface area contributed by atoms with E-state index in [1.165, 1.54) is 31.2 Å². The minimum Gasteiger partial charge on any atom is -0.311 e. The highest BCUT2D eigenvalue weighted by Crippen LogP contribution is 2.37. The van der Waals surface area contributed by atoms with Crippen LogP contribution in [0, 0.1) is 6.92 Å². The number of hydrogen-bond donors (Lipinski definition) is 2. The van der Waals surface area contributed by atoms with Crippen LogP contribution < -0.4 is 5.32 Å². The summed E-state index contributed by atoms with van der Waals surface area (Å²) in [4.78, 5) is 14.3. The van der Waals surface area contributed by atoms with E-state index in [1.54, 1.807) is 0 Å². The molecule has 6 rings (SSSR count).